The van der Waals surface area contributed by atoms with Crippen LogP contribution in [0.1, 0.15) is 23.9 Å². The van der Waals surface area contributed by atoms with Gasteiger partial charge in [-0.2, -0.15) is 5.10 Å². The predicted molar refractivity (Wildman–Crippen MR) is 138 cm³/mol. The normalized spacial score (nSPS) is 10.8. The molecule has 0 saturated carbocycles. The second-order valence-electron chi connectivity index (χ2n) is 7.56. The molecule has 2 N–H and O–H groups in total. The number of anilines is 3. The van der Waals surface area contributed by atoms with Crippen molar-refractivity contribution in [2.75, 3.05) is 23.0 Å². The van der Waals surface area contributed by atoms with Crippen molar-refractivity contribution in [1.82, 2.24) is 20.0 Å². The van der Waals surface area contributed by atoms with Crippen LogP contribution in [0.4, 0.5) is 16.5 Å². The molecule has 8 nitrogen and oxygen atoms in total. The molecule has 4 rings (SSSR count). The Bertz CT molecular complexity index is 1280. The lowest BCUT2D eigenvalue weighted by Gasteiger charge is -2.09. The summed E-state index contributed by atoms with van der Waals surface area (Å²) in [5.41, 5.74) is 5.36. The number of carbonyl (C=O) groups excluding carboxylic acids is 1. The van der Waals surface area contributed by atoms with Crippen LogP contribution < -0.4 is 15.4 Å². The number of hydrogen-bond acceptors (Lipinski definition) is 8. The minimum Gasteiger partial charge on any atom is -0.492 e. The highest BCUT2D eigenvalue weighted by Gasteiger charge is 2.16. The number of hydrogen-bond donors (Lipinski definition) is 2. The van der Waals surface area contributed by atoms with Gasteiger partial charge in [-0.1, -0.05) is 52.9 Å². The minimum atomic E-state index is -0.119. The maximum atomic E-state index is 12.7. The van der Waals surface area contributed by atoms with Gasteiger partial charge in [0.1, 0.15) is 5.75 Å². The average molecular weight is 495 g/mol. The highest BCUT2D eigenvalue weighted by atomic mass is 32.2. The lowest BCUT2D eigenvalue weighted by atomic mass is 10.2. The highest BCUT2D eigenvalue weighted by Crippen LogP contribution is 2.32. The van der Waals surface area contributed by atoms with Gasteiger partial charge < -0.3 is 15.4 Å². The topological polar surface area (TPSA) is 94.0 Å². The second kappa shape index (κ2) is 10.7. The third-order valence-corrected chi connectivity index (χ3v) is 6.97. The summed E-state index contributed by atoms with van der Waals surface area (Å²) in [6.45, 7) is 8.41. The molecule has 10 heteroatoms. The molecular formula is C24H26N6O2S2. The number of aryl methyl sites for hydroxylation is 2. The number of thioether (sulfide) groups is 1. The van der Waals surface area contributed by atoms with Crippen molar-refractivity contribution in [3.05, 3.63) is 65.5 Å². The lowest BCUT2D eigenvalue weighted by Crippen LogP contribution is -2.15. The molecule has 0 bridgehead atoms. The molecule has 0 aliphatic carbocycles. The van der Waals surface area contributed by atoms with Crippen LogP contribution in [0.2, 0.25) is 0 Å². The van der Waals surface area contributed by atoms with Crippen molar-refractivity contribution in [2.45, 2.75) is 32.0 Å². The van der Waals surface area contributed by atoms with Gasteiger partial charge in [0, 0.05) is 0 Å². The molecule has 34 heavy (non-hydrogen) atoms. The fraction of sp³-hybridized carbons (Fsp3) is 0.250. The molecular weight excluding hydrogens is 468 g/mol. The molecule has 0 radical (unpaired) electrons. The summed E-state index contributed by atoms with van der Waals surface area (Å²) in [4.78, 5) is 12.7. The molecule has 0 spiro atoms. The van der Waals surface area contributed by atoms with E-state index in [-0.39, 0.29) is 11.7 Å². The minimum absolute atomic E-state index is 0.119. The molecule has 0 unspecified atom stereocenters. The summed E-state index contributed by atoms with van der Waals surface area (Å²) in [5.74, 6) is 0.857. The number of carbonyl (C=O) groups is 1. The van der Waals surface area contributed by atoms with Crippen LogP contribution in [-0.2, 0) is 4.79 Å². The molecule has 176 valence electrons. The van der Waals surface area contributed by atoms with E-state index in [0.29, 0.717) is 16.1 Å². The highest BCUT2D eigenvalue weighted by molar-refractivity contribution is 8.01. The maximum absolute atomic E-state index is 12.7. The van der Waals surface area contributed by atoms with Crippen molar-refractivity contribution >= 4 is 45.5 Å². The Morgan fingerprint density at radius 2 is 1.85 bits per heavy atom. The Morgan fingerprint density at radius 1 is 1.09 bits per heavy atom. The van der Waals surface area contributed by atoms with E-state index in [9.17, 15) is 4.79 Å². The summed E-state index contributed by atoms with van der Waals surface area (Å²) in [7, 11) is 0. The number of rotatable bonds is 9. The molecule has 1 amide bonds. The number of benzene rings is 2. The molecule has 2 heterocycles. The van der Waals surface area contributed by atoms with Gasteiger partial charge in [-0.05, 0) is 52.0 Å². The van der Waals surface area contributed by atoms with Gasteiger partial charge in [0.2, 0.25) is 11.0 Å². The number of ether oxygens (including phenoxy) is 1. The van der Waals surface area contributed by atoms with E-state index in [2.05, 4.69) is 25.9 Å². The van der Waals surface area contributed by atoms with Gasteiger partial charge in [-0.25, -0.2) is 4.68 Å². The van der Waals surface area contributed by atoms with Crippen LogP contribution >= 0.6 is 23.1 Å². The summed E-state index contributed by atoms with van der Waals surface area (Å²) in [6.07, 6.45) is 0. The molecule has 0 aliphatic heterocycles. The molecule has 0 aliphatic rings. The summed E-state index contributed by atoms with van der Waals surface area (Å²) in [6, 6.07) is 15.8. The number of nitrogens with zero attached hydrogens (tertiary/aromatic N) is 4. The van der Waals surface area contributed by atoms with Gasteiger partial charge in [-0.15, -0.1) is 10.2 Å². The van der Waals surface area contributed by atoms with Crippen LogP contribution in [0, 0.1) is 20.8 Å². The van der Waals surface area contributed by atoms with Crippen LogP contribution in [0.25, 0.3) is 5.69 Å². The number of para-hydroxylation sites is 2. The molecule has 4 aromatic rings. The first-order chi connectivity index (χ1) is 16.4. The van der Waals surface area contributed by atoms with E-state index in [1.807, 2.05) is 80.9 Å². The van der Waals surface area contributed by atoms with Crippen LogP contribution in [-0.4, -0.2) is 38.2 Å². The Kier molecular flexibility index (Phi) is 7.49. The Balaban J connectivity index is 1.36. The van der Waals surface area contributed by atoms with Crippen LogP contribution in [0.5, 0.6) is 5.75 Å². The van der Waals surface area contributed by atoms with Crippen molar-refractivity contribution in [2.24, 2.45) is 0 Å². The quantitative estimate of drug-likeness (QED) is 0.296. The SMILES string of the molecule is CCOc1ccccc1Nc1nnc(SCC(=O)Nc2c(C)nn(-c3ccc(C)cc3)c2C)s1. The monoisotopic (exact) mass is 494 g/mol. The maximum Gasteiger partial charge on any atom is 0.234 e. The standard InChI is InChI=1S/C24H26N6O2S2/c1-5-32-20-9-7-6-8-19(20)25-23-27-28-24(34-23)33-14-21(31)26-22-16(3)29-30(17(22)4)18-12-10-15(2)11-13-18/h6-13H,5,14H2,1-4H3,(H,25,27)(H,26,31). The summed E-state index contributed by atoms with van der Waals surface area (Å²) in [5, 5.41) is 19.8. The van der Waals surface area contributed by atoms with Gasteiger partial charge in [-0.3, -0.25) is 4.79 Å². The Morgan fingerprint density at radius 3 is 2.62 bits per heavy atom. The average Bonchev–Trinajstić information content (AvgIpc) is 3.39. The Hall–Kier alpha value is -3.37. The van der Waals surface area contributed by atoms with E-state index in [1.54, 1.807) is 0 Å². The number of nitrogens with one attached hydrogen (secondary N) is 2. The number of aromatic nitrogens is 4. The smallest absolute Gasteiger partial charge is 0.234 e. The number of amides is 1. The van der Waals surface area contributed by atoms with Gasteiger partial charge in [0.25, 0.3) is 0 Å². The predicted octanol–water partition coefficient (Wildman–Crippen LogP) is 5.52. The van der Waals surface area contributed by atoms with E-state index in [1.165, 1.54) is 28.7 Å². The van der Waals surface area contributed by atoms with Gasteiger partial charge in [0.15, 0.2) is 4.34 Å². The van der Waals surface area contributed by atoms with Crippen molar-refractivity contribution in [3.63, 3.8) is 0 Å². The fourth-order valence-corrected chi connectivity index (χ4v) is 4.91. The molecule has 0 fully saturated rings. The Labute approximate surface area is 206 Å². The van der Waals surface area contributed by atoms with Crippen LogP contribution in [0.15, 0.2) is 52.9 Å². The second-order valence-corrected chi connectivity index (χ2v) is 9.76. The molecule has 0 saturated heterocycles. The van der Waals surface area contributed by atoms with Crippen molar-refractivity contribution < 1.29 is 9.53 Å². The van der Waals surface area contributed by atoms with E-state index < -0.39 is 0 Å². The zero-order valence-electron chi connectivity index (χ0n) is 19.5. The van der Waals surface area contributed by atoms with Gasteiger partial charge >= 0.3 is 0 Å². The van der Waals surface area contributed by atoms with Crippen molar-refractivity contribution in [1.29, 1.82) is 0 Å². The van der Waals surface area contributed by atoms with Gasteiger partial charge in [0.05, 0.1) is 40.8 Å². The third kappa shape index (κ3) is 5.57. The first kappa shape index (κ1) is 23.8. The summed E-state index contributed by atoms with van der Waals surface area (Å²) >= 11 is 2.73. The zero-order chi connectivity index (χ0) is 24.1. The molecule has 0 atom stereocenters. The summed E-state index contributed by atoms with van der Waals surface area (Å²) < 4.78 is 8.19. The molecule has 2 aromatic carbocycles. The zero-order valence-corrected chi connectivity index (χ0v) is 21.1. The van der Waals surface area contributed by atoms with Crippen LogP contribution in [0.3, 0.4) is 0 Å². The van der Waals surface area contributed by atoms with E-state index >= 15 is 0 Å². The van der Waals surface area contributed by atoms with Crippen molar-refractivity contribution in [3.8, 4) is 11.4 Å². The van der Waals surface area contributed by atoms with E-state index in [0.717, 1.165) is 34.2 Å². The molecule has 2 aromatic heterocycles. The third-order valence-electron chi connectivity index (χ3n) is 5.00. The first-order valence-electron chi connectivity index (χ1n) is 10.8. The fourth-order valence-electron chi connectivity index (χ4n) is 3.35. The lowest BCUT2D eigenvalue weighted by molar-refractivity contribution is -0.113. The van der Waals surface area contributed by atoms with E-state index in [4.69, 9.17) is 4.74 Å². The first-order valence-corrected chi connectivity index (χ1v) is 12.6. The largest absolute Gasteiger partial charge is 0.492 e.